The van der Waals surface area contributed by atoms with Crippen molar-refractivity contribution in [2.75, 3.05) is 19.0 Å². The maximum atomic E-state index is 11.9. The quantitative estimate of drug-likeness (QED) is 0.472. The predicted molar refractivity (Wildman–Crippen MR) is 70.7 cm³/mol. The molecule has 1 aromatic heterocycles. The molecule has 0 bridgehead atoms. The standard InChI is InChI=1S/C12H15F3N2O3S/c1-3-8-16-7(2)9(11(18)19)10(17-8)21-5-4-20-6-12(13,14)15/h3-6H2,1-2H3,(H,18,19). The number of carboxylic acid groups (broad SMARTS) is 1. The van der Waals surface area contributed by atoms with Crippen LogP contribution in [0.3, 0.4) is 0 Å². The summed E-state index contributed by atoms with van der Waals surface area (Å²) >= 11 is 1.05. The summed E-state index contributed by atoms with van der Waals surface area (Å²) < 4.78 is 40.2. The van der Waals surface area contributed by atoms with E-state index in [1.165, 1.54) is 0 Å². The van der Waals surface area contributed by atoms with Crippen LogP contribution in [0.25, 0.3) is 0 Å². The predicted octanol–water partition coefficient (Wildman–Crippen LogP) is 2.72. The Bertz CT molecular complexity index is 509. The first-order chi connectivity index (χ1) is 9.74. The largest absolute Gasteiger partial charge is 0.478 e. The van der Waals surface area contributed by atoms with Crippen LogP contribution in [0.5, 0.6) is 0 Å². The number of carboxylic acids is 1. The Balaban J connectivity index is 2.69. The number of thioether (sulfide) groups is 1. The molecule has 0 aliphatic carbocycles. The first kappa shape index (κ1) is 17.7. The number of halogens is 3. The molecule has 0 saturated carbocycles. The molecular weight excluding hydrogens is 309 g/mol. The van der Waals surface area contributed by atoms with Crippen molar-refractivity contribution in [2.24, 2.45) is 0 Å². The zero-order chi connectivity index (χ0) is 16.0. The molecule has 0 fully saturated rings. The summed E-state index contributed by atoms with van der Waals surface area (Å²) in [6.45, 7) is 1.93. The molecule has 1 aromatic rings. The van der Waals surface area contributed by atoms with Crippen molar-refractivity contribution in [1.82, 2.24) is 9.97 Å². The van der Waals surface area contributed by atoms with Gasteiger partial charge in [-0.1, -0.05) is 6.92 Å². The van der Waals surface area contributed by atoms with E-state index in [-0.39, 0.29) is 22.9 Å². The van der Waals surface area contributed by atoms with Gasteiger partial charge in [0.15, 0.2) is 0 Å². The number of rotatable bonds is 7. The number of aromatic nitrogens is 2. The molecule has 0 radical (unpaired) electrons. The highest BCUT2D eigenvalue weighted by Crippen LogP contribution is 2.23. The normalized spacial score (nSPS) is 11.7. The van der Waals surface area contributed by atoms with Gasteiger partial charge in [0.2, 0.25) is 0 Å². The molecule has 0 unspecified atom stereocenters. The number of carbonyl (C=O) groups is 1. The van der Waals surface area contributed by atoms with Crippen LogP contribution < -0.4 is 0 Å². The third-order valence-electron chi connectivity index (χ3n) is 2.37. The van der Waals surface area contributed by atoms with Gasteiger partial charge in [-0.2, -0.15) is 13.2 Å². The van der Waals surface area contributed by atoms with E-state index in [2.05, 4.69) is 14.7 Å². The molecule has 1 N–H and O–H groups in total. The van der Waals surface area contributed by atoms with Crippen LogP contribution in [0.4, 0.5) is 13.2 Å². The van der Waals surface area contributed by atoms with E-state index in [1.807, 2.05) is 6.92 Å². The molecule has 1 rings (SSSR count). The van der Waals surface area contributed by atoms with Crippen molar-refractivity contribution in [1.29, 1.82) is 0 Å². The minimum atomic E-state index is -4.36. The van der Waals surface area contributed by atoms with Gasteiger partial charge < -0.3 is 9.84 Å². The molecule has 0 aliphatic rings. The SMILES string of the molecule is CCc1nc(C)c(C(=O)O)c(SCCOCC(F)(F)F)n1. The molecule has 5 nitrogen and oxygen atoms in total. The summed E-state index contributed by atoms with van der Waals surface area (Å²) in [6, 6.07) is 0. The lowest BCUT2D eigenvalue weighted by Gasteiger charge is -2.10. The van der Waals surface area contributed by atoms with E-state index in [1.54, 1.807) is 6.92 Å². The Morgan fingerprint density at radius 3 is 2.57 bits per heavy atom. The molecule has 0 aliphatic heterocycles. The van der Waals surface area contributed by atoms with Crippen LogP contribution >= 0.6 is 11.8 Å². The van der Waals surface area contributed by atoms with Gasteiger partial charge in [-0.05, 0) is 6.92 Å². The molecule has 1 heterocycles. The third-order valence-corrected chi connectivity index (χ3v) is 3.30. The van der Waals surface area contributed by atoms with Gasteiger partial charge in [0, 0.05) is 12.2 Å². The van der Waals surface area contributed by atoms with Crippen LogP contribution in [0, 0.1) is 6.92 Å². The molecule has 0 atom stereocenters. The molecule has 0 saturated heterocycles. The number of hydrogen-bond acceptors (Lipinski definition) is 5. The second-order valence-corrected chi connectivity index (χ2v) is 5.16. The molecular formula is C12H15F3N2O3S. The van der Waals surface area contributed by atoms with Crippen molar-refractivity contribution < 1.29 is 27.8 Å². The molecule has 0 amide bonds. The average Bonchev–Trinajstić information content (AvgIpc) is 2.35. The van der Waals surface area contributed by atoms with Crippen molar-refractivity contribution in [3.63, 3.8) is 0 Å². The number of ether oxygens (including phenoxy) is 1. The lowest BCUT2D eigenvalue weighted by atomic mass is 10.2. The van der Waals surface area contributed by atoms with E-state index in [0.29, 0.717) is 17.9 Å². The average molecular weight is 324 g/mol. The Kier molecular flexibility index (Phi) is 6.41. The van der Waals surface area contributed by atoms with Crippen molar-refractivity contribution >= 4 is 17.7 Å². The van der Waals surface area contributed by atoms with Crippen molar-refractivity contribution in [3.8, 4) is 0 Å². The zero-order valence-corrected chi connectivity index (χ0v) is 12.3. The van der Waals surface area contributed by atoms with Gasteiger partial charge >= 0.3 is 12.1 Å². The minimum absolute atomic E-state index is 0.0204. The second-order valence-electron chi connectivity index (χ2n) is 4.08. The first-order valence-electron chi connectivity index (χ1n) is 6.12. The van der Waals surface area contributed by atoms with Gasteiger partial charge in [-0.25, -0.2) is 14.8 Å². The van der Waals surface area contributed by atoms with Crippen LogP contribution in [0.1, 0.15) is 28.8 Å². The number of aryl methyl sites for hydroxylation is 2. The van der Waals surface area contributed by atoms with E-state index in [4.69, 9.17) is 5.11 Å². The van der Waals surface area contributed by atoms with Crippen LogP contribution in [0.2, 0.25) is 0 Å². The summed E-state index contributed by atoms with van der Waals surface area (Å²) in [6.07, 6.45) is -3.82. The molecule has 118 valence electrons. The highest BCUT2D eigenvalue weighted by molar-refractivity contribution is 7.99. The molecule has 0 spiro atoms. The minimum Gasteiger partial charge on any atom is -0.478 e. The van der Waals surface area contributed by atoms with Crippen LogP contribution in [-0.2, 0) is 11.2 Å². The Morgan fingerprint density at radius 2 is 2.05 bits per heavy atom. The van der Waals surface area contributed by atoms with Gasteiger partial charge in [-0.3, -0.25) is 0 Å². The Morgan fingerprint density at radius 1 is 1.38 bits per heavy atom. The van der Waals surface area contributed by atoms with E-state index < -0.39 is 18.8 Å². The molecule has 9 heteroatoms. The van der Waals surface area contributed by atoms with Gasteiger partial charge in [-0.15, -0.1) is 11.8 Å². The highest BCUT2D eigenvalue weighted by atomic mass is 32.2. The summed E-state index contributed by atoms with van der Waals surface area (Å²) in [7, 11) is 0. The van der Waals surface area contributed by atoms with E-state index in [0.717, 1.165) is 11.8 Å². The van der Waals surface area contributed by atoms with Crippen molar-refractivity contribution in [3.05, 3.63) is 17.1 Å². The smallest absolute Gasteiger partial charge is 0.411 e. The fourth-order valence-corrected chi connectivity index (χ4v) is 2.44. The number of nitrogens with zero attached hydrogens (tertiary/aromatic N) is 2. The molecule has 0 aromatic carbocycles. The fraction of sp³-hybridized carbons (Fsp3) is 0.583. The van der Waals surface area contributed by atoms with Gasteiger partial charge in [0.1, 0.15) is 23.0 Å². The summed E-state index contributed by atoms with van der Waals surface area (Å²) in [5, 5.41) is 9.40. The summed E-state index contributed by atoms with van der Waals surface area (Å²) in [5.74, 6) is -0.485. The topological polar surface area (TPSA) is 72.3 Å². The summed E-state index contributed by atoms with van der Waals surface area (Å²) in [4.78, 5) is 19.4. The number of hydrogen-bond donors (Lipinski definition) is 1. The highest BCUT2D eigenvalue weighted by Gasteiger charge is 2.27. The summed E-state index contributed by atoms with van der Waals surface area (Å²) in [5.41, 5.74) is 0.320. The Labute approximate surface area is 123 Å². The van der Waals surface area contributed by atoms with Gasteiger partial charge in [0.05, 0.1) is 12.3 Å². The Hall–Kier alpha value is -1.35. The van der Waals surface area contributed by atoms with Crippen LogP contribution in [0.15, 0.2) is 5.03 Å². The number of alkyl halides is 3. The second kappa shape index (κ2) is 7.60. The van der Waals surface area contributed by atoms with E-state index in [9.17, 15) is 18.0 Å². The first-order valence-corrected chi connectivity index (χ1v) is 7.11. The monoisotopic (exact) mass is 324 g/mol. The maximum absolute atomic E-state index is 11.9. The molecule has 21 heavy (non-hydrogen) atoms. The zero-order valence-electron chi connectivity index (χ0n) is 11.5. The van der Waals surface area contributed by atoms with Crippen molar-refractivity contribution in [2.45, 2.75) is 31.5 Å². The van der Waals surface area contributed by atoms with Gasteiger partial charge in [0.25, 0.3) is 0 Å². The fourth-order valence-electron chi connectivity index (χ4n) is 1.50. The maximum Gasteiger partial charge on any atom is 0.411 e. The lowest BCUT2D eigenvalue weighted by Crippen LogP contribution is -2.18. The lowest BCUT2D eigenvalue weighted by molar-refractivity contribution is -0.172. The van der Waals surface area contributed by atoms with Crippen LogP contribution in [-0.4, -0.2) is 46.2 Å². The number of aromatic carboxylic acids is 1. The third kappa shape index (κ3) is 5.88. The van der Waals surface area contributed by atoms with E-state index >= 15 is 0 Å².